The van der Waals surface area contributed by atoms with E-state index in [1.165, 1.54) is 6.07 Å². The second-order valence-electron chi connectivity index (χ2n) is 4.34. The Bertz CT molecular complexity index is 693. The average Bonchev–Trinajstić information content (AvgIpc) is 2.44. The highest BCUT2D eigenvalue weighted by molar-refractivity contribution is 9.13. The first-order chi connectivity index (χ1) is 9.51. The Kier molecular flexibility index (Phi) is 4.79. The van der Waals surface area contributed by atoms with E-state index in [1.807, 2.05) is 24.3 Å². The third-order valence-electron chi connectivity index (χ3n) is 2.94. The van der Waals surface area contributed by atoms with Crippen LogP contribution in [0.2, 0.25) is 0 Å². The lowest BCUT2D eigenvalue weighted by molar-refractivity contribution is 0.618. The lowest BCUT2D eigenvalue weighted by Gasteiger charge is -2.11. The smallest absolute Gasteiger partial charge is 0.129 e. The number of nitrogens with zero attached hydrogens (tertiary/aromatic N) is 1. The molecular weight excluding hydrogens is 387 g/mol. The van der Waals surface area contributed by atoms with E-state index in [0.717, 1.165) is 14.5 Å². The minimum atomic E-state index is -0.372. The first kappa shape index (κ1) is 15.0. The highest BCUT2D eigenvalue weighted by Gasteiger charge is 2.07. The molecule has 102 valence electrons. The van der Waals surface area contributed by atoms with Crippen LogP contribution >= 0.6 is 31.9 Å². The predicted molar refractivity (Wildman–Crippen MR) is 85.0 cm³/mol. The Hall–Kier alpha value is -1.38. The van der Waals surface area contributed by atoms with Gasteiger partial charge in [-0.2, -0.15) is 5.26 Å². The van der Waals surface area contributed by atoms with Crippen molar-refractivity contribution in [2.24, 2.45) is 0 Å². The first-order valence-electron chi connectivity index (χ1n) is 5.89. The number of nitriles is 1. The molecule has 0 aromatic heterocycles. The molecule has 0 aliphatic rings. The van der Waals surface area contributed by atoms with Gasteiger partial charge in [-0.25, -0.2) is 4.39 Å². The van der Waals surface area contributed by atoms with Crippen LogP contribution in [0.5, 0.6) is 0 Å². The summed E-state index contributed by atoms with van der Waals surface area (Å²) in [5.41, 5.74) is 2.52. The minimum Gasteiger partial charge on any atom is -0.381 e. The third kappa shape index (κ3) is 3.38. The van der Waals surface area contributed by atoms with Crippen molar-refractivity contribution in [1.82, 2.24) is 0 Å². The van der Waals surface area contributed by atoms with Crippen LogP contribution < -0.4 is 5.32 Å². The summed E-state index contributed by atoms with van der Waals surface area (Å²) in [4.78, 5) is 0. The molecule has 0 bridgehead atoms. The zero-order valence-corrected chi connectivity index (χ0v) is 13.8. The van der Waals surface area contributed by atoms with Crippen molar-refractivity contribution in [2.75, 3.05) is 5.32 Å². The van der Waals surface area contributed by atoms with Crippen molar-refractivity contribution in [3.05, 3.63) is 61.8 Å². The summed E-state index contributed by atoms with van der Waals surface area (Å²) in [5.74, 6) is -0.372. The fourth-order valence-electron chi connectivity index (χ4n) is 1.77. The molecule has 2 nitrogen and oxygen atoms in total. The van der Waals surface area contributed by atoms with Gasteiger partial charge in [0.2, 0.25) is 0 Å². The standard InChI is InChI=1S/C15H11Br2FN2/c1-9-14(18)5-11(7-19)6-15(9)20-8-10-2-3-12(16)13(17)4-10/h2-6,20H,8H2,1H3. The second-order valence-corrected chi connectivity index (χ2v) is 6.05. The molecule has 0 aliphatic carbocycles. The molecule has 2 aromatic rings. The Labute approximate surface area is 133 Å². The average molecular weight is 398 g/mol. The van der Waals surface area contributed by atoms with E-state index in [-0.39, 0.29) is 5.82 Å². The number of hydrogen-bond donors (Lipinski definition) is 1. The molecule has 0 fully saturated rings. The Morgan fingerprint density at radius 1 is 1.20 bits per heavy atom. The summed E-state index contributed by atoms with van der Waals surface area (Å²) in [6.07, 6.45) is 0. The van der Waals surface area contributed by atoms with Crippen molar-refractivity contribution in [3.63, 3.8) is 0 Å². The number of hydrogen-bond acceptors (Lipinski definition) is 2. The van der Waals surface area contributed by atoms with Crippen LogP contribution in [-0.4, -0.2) is 0 Å². The highest BCUT2D eigenvalue weighted by Crippen LogP contribution is 2.25. The molecule has 0 spiro atoms. The molecule has 2 aromatic carbocycles. The molecule has 0 saturated carbocycles. The highest BCUT2D eigenvalue weighted by atomic mass is 79.9. The monoisotopic (exact) mass is 396 g/mol. The minimum absolute atomic E-state index is 0.313. The molecule has 20 heavy (non-hydrogen) atoms. The normalized spacial score (nSPS) is 10.2. The van der Waals surface area contributed by atoms with E-state index < -0.39 is 0 Å². The lowest BCUT2D eigenvalue weighted by Crippen LogP contribution is -2.03. The zero-order chi connectivity index (χ0) is 14.7. The van der Waals surface area contributed by atoms with Gasteiger partial charge in [-0.1, -0.05) is 6.07 Å². The summed E-state index contributed by atoms with van der Waals surface area (Å²) in [5, 5.41) is 12.0. The van der Waals surface area contributed by atoms with Gasteiger partial charge in [0.15, 0.2) is 0 Å². The van der Waals surface area contributed by atoms with Gasteiger partial charge in [-0.3, -0.25) is 0 Å². The molecule has 0 aliphatic heterocycles. The van der Waals surface area contributed by atoms with E-state index in [0.29, 0.717) is 23.4 Å². The topological polar surface area (TPSA) is 35.8 Å². The Balaban J connectivity index is 2.20. The quantitative estimate of drug-likeness (QED) is 0.777. The Morgan fingerprint density at radius 3 is 2.60 bits per heavy atom. The van der Waals surface area contributed by atoms with Gasteiger partial charge < -0.3 is 5.32 Å². The summed E-state index contributed by atoms with van der Waals surface area (Å²) >= 11 is 6.86. The molecule has 0 saturated heterocycles. The van der Waals surface area contributed by atoms with Crippen LogP contribution in [0, 0.1) is 24.1 Å². The summed E-state index contributed by atoms with van der Waals surface area (Å²) in [6.45, 7) is 2.25. The van der Waals surface area contributed by atoms with Gasteiger partial charge in [0.25, 0.3) is 0 Å². The molecule has 0 atom stereocenters. The second kappa shape index (κ2) is 6.38. The number of benzene rings is 2. The van der Waals surface area contributed by atoms with Crippen LogP contribution in [-0.2, 0) is 6.54 Å². The fraction of sp³-hybridized carbons (Fsp3) is 0.133. The predicted octanol–water partition coefficient (Wildman–Crippen LogP) is 5.14. The van der Waals surface area contributed by atoms with Gasteiger partial charge in [-0.15, -0.1) is 0 Å². The van der Waals surface area contributed by atoms with E-state index >= 15 is 0 Å². The van der Waals surface area contributed by atoms with E-state index in [9.17, 15) is 4.39 Å². The summed E-state index contributed by atoms with van der Waals surface area (Å²) in [7, 11) is 0. The van der Waals surface area contributed by atoms with Gasteiger partial charge in [0, 0.05) is 26.7 Å². The number of anilines is 1. The van der Waals surface area contributed by atoms with Gasteiger partial charge >= 0.3 is 0 Å². The molecule has 5 heteroatoms. The maximum absolute atomic E-state index is 13.7. The summed E-state index contributed by atoms with van der Waals surface area (Å²) in [6, 6.07) is 10.8. The van der Waals surface area contributed by atoms with Crippen molar-refractivity contribution in [3.8, 4) is 6.07 Å². The van der Waals surface area contributed by atoms with Crippen LogP contribution in [0.25, 0.3) is 0 Å². The fourth-order valence-corrected chi connectivity index (χ4v) is 2.45. The van der Waals surface area contributed by atoms with Crippen LogP contribution in [0.4, 0.5) is 10.1 Å². The maximum Gasteiger partial charge on any atom is 0.129 e. The number of halogens is 3. The van der Waals surface area contributed by atoms with E-state index in [4.69, 9.17) is 5.26 Å². The lowest BCUT2D eigenvalue weighted by atomic mass is 10.1. The van der Waals surface area contributed by atoms with Gasteiger partial charge in [-0.05, 0) is 68.6 Å². The van der Waals surface area contributed by atoms with Crippen molar-refractivity contribution in [1.29, 1.82) is 5.26 Å². The van der Waals surface area contributed by atoms with E-state index in [1.54, 1.807) is 13.0 Å². The van der Waals surface area contributed by atoms with Gasteiger partial charge in [0.05, 0.1) is 11.6 Å². The first-order valence-corrected chi connectivity index (χ1v) is 7.48. The summed E-state index contributed by atoms with van der Waals surface area (Å²) < 4.78 is 15.6. The molecule has 2 rings (SSSR count). The van der Waals surface area contributed by atoms with Crippen molar-refractivity contribution < 1.29 is 4.39 Å². The molecular formula is C15H11Br2FN2. The number of rotatable bonds is 3. The van der Waals surface area contributed by atoms with Crippen LogP contribution in [0.15, 0.2) is 39.3 Å². The largest absolute Gasteiger partial charge is 0.381 e. The van der Waals surface area contributed by atoms with E-state index in [2.05, 4.69) is 37.2 Å². The molecule has 0 amide bonds. The van der Waals surface area contributed by atoms with Gasteiger partial charge in [0.1, 0.15) is 5.82 Å². The van der Waals surface area contributed by atoms with Crippen molar-refractivity contribution in [2.45, 2.75) is 13.5 Å². The molecule has 1 N–H and O–H groups in total. The molecule has 0 heterocycles. The molecule has 0 radical (unpaired) electrons. The van der Waals surface area contributed by atoms with Crippen LogP contribution in [0.1, 0.15) is 16.7 Å². The van der Waals surface area contributed by atoms with Crippen LogP contribution in [0.3, 0.4) is 0 Å². The molecule has 0 unspecified atom stereocenters. The SMILES string of the molecule is Cc1c(F)cc(C#N)cc1NCc1ccc(Br)c(Br)c1. The Morgan fingerprint density at radius 2 is 1.95 bits per heavy atom. The van der Waals surface area contributed by atoms with Crippen molar-refractivity contribution >= 4 is 37.5 Å². The number of nitrogens with one attached hydrogen (secondary N) is 1. The zero-order valence-electron chi connectivity index (χ0n) is 10.7. The maximum atomic E-state index is 13.7. The third-order valence-corrected chi connectivity index (χ3v) is 4.82.